The average Bonchev–Trinajstić information content (AvgIpc) is 2.49. The van der Waals surface area contributed by atoms with Gasteiger partial charge in [0.1, 0.15) is 0 Å². The van der Waals surface area contributed by atoms with Crippen LogP contribution in [-0.4, -0.2) is 37.6 Å². The monoisotopic (exact) mass is 291 g/mol. The highest BCUT2D eigenvalue weighted by atomic mass is 16.5. The maximum Gasteiger partial charge on any atom is 0.227 e. The zero-order chi connectivity index (χ0) is 15.4. The fraction of sp³-hybridized carbons (Fsp3) is 0.588. The fourth-order valence-electron chi connectivity index (χ4n) is 2.95. The summed E-state index contributed by atoms with van der Waals surface area (Å²) < 4.78 is 10.5. The number of rotatable bonds is 4. The molecule has 0 spiro atoms. The number of hydrogen-bond acceptors (Lipinski definition) is 3. The summed E-state index contributed by atoms with van der Waals surface area (Å²) in [6, 6.07) is 5.99. The van der Waals surface area contributed by atoms with Crippen LogP contribution in [0.4, 0.5) is 0 Å². The van der Waals surface area contributed by atoms with Crippen molar-refractivity contribution >= 4 is 5.91 Å². The van der Waals surface area contributed by atoms with Gasteiger partial charge in [0.25, 0.3) is 0 Å². The minimum absolute atomic E-state index is 0.196. The maximum atomic E-state index is 12.5. The summed E-state index contributed by atoms with van der Waals surface area (Å²) in [6.07, 6.45) is 2.72. The van der Waals surface area contributed by atoms with E-state index in [0.717, 1.165) is 18.5 Å². The third-order valence-electron chi connectivity index (χ3n) is 4.50. The molecule has 21 heavy (non-hydrogen) atoms. The molecule has 0 N–H and O–H groups in total. The molecule has 1 heterocycles. The van der Waals surface area contributed by atoms with Crippen molar-refractivity contribution in [2.45, 2.75) is 39.2 Å². The molecule has 0 saturated carbocycles. The van der Waals surface area contributed by atoms with Gasteiger partial charge in [-0.25, -0.2) is 0 Å². The molecule has 1 aromatic carbocycles. The largest absolute Gasteiger partial charge is 0.493 e. The SMILES string of the molecule is COc1ccc(CC(=O)N2CCC[C@H](C)[C@H]2C)cc1OC. The molecule has 4 heteroatoms. The number of hydrogen-bond donors (Lipinski definition) is 0. The van der Waals surface area contributed by atoms with Gasteiger partial charge < -0.3 is 14.4 Å². The molecule has 2 atom stereocenters. The number of likely N-dealkylation sites (tertiary alicyclic amines) is 1. The normalized spacial score (nSPS) is 22.0. The first-order valence-electron chi connectivity index (χ1n) is 7.57. The van der Waals surface area contributed by atoms with Crippen LogP contribution in [0.25, 0.3) is 0 Å². The van der Waals surface area contributed by atoms with E-state index in [1.54, 1.807) is 14.2 Å². The van der Waals surface area contributed by atoms with E-state index >= 15 is 0 Å². The predicted molar refractivity (Wildman–Crippen MR) is 82.8 cm³/mol. The molecule has 1 aliphatic heterocycles. The van der Waals surface area contributed by atoms with Gasteiger partial charge in [0, 0.05) is 12.6 Å². The van der Waals surface area contributed by atoms with Crippen LogP contribution >= 0.6 is 0 Å². The summed E-state index contributed by atoms with van der Waals surface area (Å²) in [7, 11) is 3.22. The first kappa shape index (κ1) is 15.7. The number of carbonyl (C=O) groups excluding carboxylic acids is 1. The third kappa shape index (κ3) is 3.49. The first-order chi connectivity index (χ1) is 10.1. The van der Waals surface area contributed by atoms with Crippen molar-refractivity contribution < 1.29 is 14.3 Å². The summed E-state index contributed by atoms with van der Waals surface area (Å²) in [4.78, 5) is 14.6. The lowest BCUT2D eigenvalue weighted by Gasteiger charge is -2.38. The molecular formula is C17H25NO3. The quantitative estimate of drug-likeness (QED) is 0.856. The third-order valence-corrected chi connectivity index (χ3v) is 4.50. The topological polar surface area (TPSA) is 38.8 Å². The summed E-state index contributed by atoms with van der Waals surface area (Å²) in [5.41, 5.74) is 0.961. The van der Waals surface area contributed by atoms with E-state index in [-0.39, 0.29) is 5.91 Å². The van der Waals surface area contributed by atoms with Crippen LogP contribution in [0.5, 0.6) is 11.5 Å². The molecule has 2 rings (SSSR count). The fourth-order valence-corrected chi connectivity index (χ4v) is 2.95. The Kier molecular flexibility index (Phi) is 5.10. The van der Waals surface area contributed by atoms with Crippen LogP contribution < -0.4 is 9.47 Å². The molecule has 4 nitrogen and oxygen atoms in total. The maximum absolute atomic E-state index is 12.5. The Bertz CT molecular complexity index is 501. The number of methoxy groups -OCH3 is 2. The molecule has 1 fully saturated rings. The zero-order valence-electron chi connectivity index (χ0n) is 13.4. The standard InChI is InChI=1S/C17H25NO3/c1-12-6-5-9-18(13(12)2)17(19)11-14-7-8-15(20-3)16(10-14)21-4/h7-8,10,12-13H,5-6,9,11H2,1-4H3/t12-,13+/m0/s1. The number of carbonyl (C=O) groups is 1. The highest BCUT2D eigenvalue weighted by Gasteiger charge is 2.28. The van der Waals surface area contributed by atoms with Gasteiger partial charge in [-0.1, -0.05) is 13.0 Å². The molecule has 0 aromatic heterocycles. The van der Waals surface area contributed by atoms with Crippen LogP contribution in [0, 0.1) is 5.92 Å². The molecule has 0 aliphatic carbocycles. The molecule has 1 amide bonds. The van der Waals surface area contributed by atoms with E-state index in [4.69, 9.17) is 9.47 Å². The second kappa shape index (κ2) is 6.83. The van der Waals surface area contributed by atoms with E-state index in [1.807, 2.05) is 23.1 Å². The summed E-state index contributed by atoms with van der Waals surface area (Å²) in [5.74, 6) is 2.13. The Morgan fingerprint density at radius 2 is 1.95 bits per heavy atom. The Balaban J connectivity index is 2.08. The lowest BCUT2D eigenvalue weighted by molar-refractivity contribution is -0.135. The number of nitrogens with zero attached hydrogens (tertiary/aromatic N) is 1. The van der Waals surface area contributed by atoms with Crippen molar-refractivity contribution in [3.8, 4) is 11.5 Å². The van der Waals surface area contributed by atoms with E-state index < -0.39 is 0 Å². The van der Waals surface area contributed by atoms with Crippen molar-refractivity contribution in [3.63, 3.8) is 0 Å². The Morgan fingerprint density at radius 1 is 1.24 bits per heavy atom. The van der Waals surface area contributed by atoms with Gasteiger partial charge in [-0.3, -0.25) is 4.79 Å². The number of benzene rings is 1. The van der Waals surface area contributed by atoms with Crippen molar-refractivity contribution in [1.82, 2.24) is 4.90 Å². The predicted octanol–water partition coefficient (Wildman–Crippen LogP) is 2.89. The van der Waals surface area contributed by atoms with Crippen molar-refractivity contribution in [2.24, 2.45) is 5.92 Å². The van der Waals surface area contributed by atoms with Gasteiger partial charge >= 0.3 is 0 Å². The lowest BCUT2D eigenvalue weighted by Crippen LogP contribution is -2.46. The van der Waals surface area contributed by atoms with Gasteiger partial charge in [-0.05, 0) is 43.4 Å². The summed E-state index contributed by atoms with van der Waals surface area (Å²) in [6.45, 7) is 5.24. The molecule has 1 aliphatic rings. The van der Waals surface area contributed by atoms with Crippen LogP contribution in [0.15, 0.2) is 18.2 Å². The Morgan fingerprint density at radius 3 is 2.62 bits per heavy atom. The van der Waals surface area contributed by atoms with Crippen LogP contribution in [0.3, 0.4) is 0 Å². The van der Waals surface area contributed by atoms with Gasteiger partial charge in [-0.15, -0.1) is 0 Å². The number of amides is 1. The van der Waals surface area contributed by atoms with Crippen LogP contribution in [0.1, 0.15) is 32.3 Å². The molecule has 1 aromatic rings. The van der Waals surface area contributed by atoms with E-state index in [2.05, 4.69) is 13.8 Å². The van der Waals surface area contributed by atoms with Crippen LogP contribution in [-0.2, 0) is 11.2 Å². The second-order valence-corrected chi connectivity index (χ2v) is 5.81. The zero-order valence-corrected chi connectivity index (χ0v) is 13.4. The number of ether oxygens (including phenoxy) is 2. The molecule has 0 bridgehead atoms. The lowest BCUT2D eigenvalue weighted by atomic mass is 9.91. The van der Waals surface area contributed by atoms with E-state index in [1.165, 1.54) is 6.42 Å². The van der Waals surface area contributed by atoms with Crippen molar-refractivity contribution in [1.29, 1.82) is 0 Å². The molecule has 116 valence electrons. The minimum Gasteiger partial charge on any atom is -0.493 e. The molecule has 0 radical (unpaired) electrons. The molecule has 1 saturated heterocycles. The highest BCUT2D eigenvalue weighted by molar-refractivity contribution is 5.79. The molecule has 0 unspecified atom stereocenters. The smallest absolute Gasteiger partial charge is 0.227 e. The van der Waals surface area contributed by atoms with Gasteiger partial charge in [0.15, 0.2) is 11.5 Å². The minimum atomic E-state index is 0.196. The Labute approximate surface area is 127 Å². The molecular weight excluding hydrogens is 266 g/mol. The summed E-state index contributed by atoms with van der Waals surface area (Å²) >= 11 is 0. The number of piperidine rings is 1. The average molecular weight is 291 g/mol. The Hall–Kier alpha value is -1.71. The first-order valence-corrected chi connectivity index (χ1v) is 7.57. The van der Waals surface area contributed by atoms with Gasteiger partial charge in [0.05, 0.1) is 20.6 Å². The van der Waals surface area contributed by atoms with Crippen molar-refractivity contribution in [3.05, 3.63) is 23.8 Å². The van der Waals surface area contributed by atoms with E-state index in [9.17, 15) is 4.79 Å². The van der Waals surface area contributed by atoms with Crippen molar-refractivity contribution in [2.75, 3.05) is 20.8 Å². The summed E-state index contributed by atoms with van der Waals surface area (Å²) in [5, 5.41) is 0. The van der Waals surface area contributed by atoms with Gasteiger partial charge in [-0.2, -0.15) is 0 Å². The van der Waals surface area contributed by atoms with E-state index in [0.29, 0.717) is 29.9 Å². The second-order valence-electron chi connectivity index (χ2n) is 5.81. The highest BCUT2D eigenvalue weighted by Crippen LogP contribution is 2.28. The van der Waals surface area contributed by atoms with Gasteiger partial charge in [0.2, 0.25) is 5.91 Å². The van der Waals surface area contributed by atoms with Crippen LogP contribution in [0.2, 0.25) is 0 Å².